The van der Waals surface area contributed by atoms with E-state index in [0.29, 0.717) is 0 Å². The number of rotatable bonds is 5. The van der Waals surface area contributed by atoms with E-state index in [4.69, 9.17) is 11.6 Å². The number of aryl methyl sites for hydroxylation is 2. The van der Waals surface area contributed by atoms with Crippen molar-refractivity contribution >= 4 is 34.4 Å². The fourth-order valence-corrected chi connectivity index (χ4v) is 5.51. The van der Waals surface area contributed by atoms with E-state index in [1.54, 1.807) is 0 Å². The predicted octanol–water partition coefficient (Wildman–Crippen LogP) is 10.3. The zero-order chi connectivity index (χ0) is 25.2. The van der Waals surface area contributed by atoms with Gasteiger partial charge in [0.1, 0.15) is 0 Å². The predicted molar refractivity (Wildman–Crippen MR) is 158 cm³/mol. The average molecular weight is 487 g/mol. The molecule has 0 N–H and O–H groups in total. The van der Waals surface area contributed by atoms with Gasteiger partial charge in [0.15, 0.2) is 0 Å². The van der Waals surface area contributed by atoms with Gasteiger partial charge in [-0.3, -0.25) is 0 Å². The van der Waals surface area contributed by atoms with Crippen LogP contribution >= 0.6 is 11.6 Å². The maximum absolute atomic E-state index is 6.33. The van der Waals surface area contributed by atoms with Gasteiger partial charge in [-0.15, -0.1) is 0 Å². The monoisotopic (exact) mass is 486 g/mol. The first kappa shape index (κ1) is 24.1. The Morgan fingerprint density at radius 3 is 2.25 bits per heavy atom. The normalized spacial score (nSPS) is 13.2. The fraction of sp³-hybridized carbons (Fsp3) is 0.143. The number of fused-ring (bicyclic) bond motifs is 1. The number of hydrogen-bond acceptors (Lipinski definition) is 0. The summed E-state index contributed by atoms with van der Waals surface area (Å²) in [5.74, 6) is 0. The van der Waals surface area contributed by atoms with Crippen molar-refractivity contribution in [3.8, 4) is 11.1 Å². The molecule has 5 rings (SSSR count). The molecule has 0 heterocycles. The summed E-state index contributed by atoms with van der Waals surface area (Å²) in [5, 5.41) is 0.782. The first-order valence-corrected chi connectivity index (χ1v) is 12.9. The van der Waals surface area contributed by atoms with Gasteiger partial charge in [0, 0.05) is 5.02 Å². The summed E-state index contributed by atoms with van der Waals surface area (Å²) in [7, 11) is 0. The Bertz CT molecular complexity index is 1500. The lowest BCUT2D eigenvalue weighted by Gasteiger charge is -2.19. The van der Waals surface area contributed by atoms with E-state index in [9.17, 15) is 0 Å². The fourth-order valence-electron chi connectivity index (χ4n) is 5.28. The zero-order valence-electron chi connectivity index (χ0n) is 21.1. The molecule has 0 nitrogen and oxygen atoms in total. The topological polar surface area (TPSA) is 0 Å². The molecule has 178 valence electrons. The molecular formula is C35H31Cl. The Morgan fingerprint density at radius 1 is 0.806 bits per heavy atom. The molecule has 1 aliphatic carbocycles. The highest BCUT2D eigenvalue weighted by Crippen LogP contribution is 2.42. The van der Waals surface area contributed by atoms with Crippen molar-refractivity contribution < 1.29 is 0 Å². The third-order valence-electron chi connectivity index (χ3n) is 7.19. The van der Waals surface area contributed by atoms with Gasteiger partial charge in [-0.2, -0.15) is 0 Å². The van der Waals surface area contributed by atoms with Crippen LogP contribution in [0.2, 0.25) is 5.02 Å². The second-order valence-electron chi connectivity index (χ2n) is 9.73. The molecule has 4 aromatic carbocycles. The standard InChI is InChI=1S/C35H31Cl/c1-5-25-12-14-26(15-13-25)35-33-18-16-29(28-9-6-8-27(21-28)23(2)3)22-30(33)10-7-11-34(35)32-19-17-31(36)20-24(32)4/h5-6,8-9,12-22H,1-2,7,10-11H2,3-4H3. The number of halogens is 1. The molecule has 0 saturated heterocycles. The van der Waals surface area contributed by atoms with E-state index in [1.165, 1.54) is 55.7 Å². The maximum Gasteiger partial charge on any atom is 0.0409 e. The van der Waals surface area contributed by atoms with Crippen LogP contribution < -0.4 is 0 Å². The summed E-state index contributed by atoms with van der Waals surface area (Å²) in [6.07, 6.45) is 5.08. The van der Waals surface area contributed by atoms with Gasteiger partial charge >= 0.3 is 0 Å². The zero-order valence-corrected chi connectivity index (χ0v) is 21.8. The minimum Gasteiger partial charge on any atom is -0.0985 e. The largest absolute Gasteiger partial charge is 0.0985 e. The lowest BCUT2D eigenvalue weighted by atomic mass is 9.85. The van der Waals surface area contributed by atoms with Crippen molar-refractivity contribution in [2.24, 2.45) is 0 Å². The molecule has 0 unspecified atom stereocenters. The van der Waals surface area contributed by atoms with Crippen molar-refractivity contribution in [3.63, 3.8) is 0 Å². The second kappa shape index (κ2) is 10.2. The van der Waals surface area contributed by atoms with Gasteiger partial charge in [-0.25, -0.2) is 0 Å². The van der Waals surface area contributed by atoms with Crippen LogP contribution in [0.5, 0.6) is 0 Å². The first-order valence-electron chi connectivity index (χ1n) is 12.6. The van der Waals surface area contributed by atoms with Crippen LogP contribution in [0.1, 0.15) is 58.7 Å². The van der Waals surface area contributed by atoms with Crippen LogP contribution in [0.4, 0.5) is 0 Å². The molecular weight excluding hydrogens is 456 g/mol. The summed E-state index contributed by atoms with van der Waals surface area (Å²) in [6, 6.07) is 30.7. The molecule has 0 saturated carbocycles. The van der Waals surface area contributed by atoms with Crippen molar-refractivity contribution in [1.29, 1.82) is 0 Å². The van der Waals surface area contributed by atoms with E-state index in [-0.39, 0.29) is 0 Å². The molecule has 0 aromatic heterocycles. The van der Waals surface area contributed by atoms with Gasteiger partial charge in [0.25, 0.3) is 0 Å². The Kier molecular flexibility index (Phi) is 6.81. The summed E-state index contributed by atoms with van der Waals surface area (Å²) in [6.45, 7) is 12.3. The Balaban J connectivity index is 1.71. The van der Waals surface area contributed by atoms with Crippen LogP contribution in [0, 0.1) is 6.92 Å². The number of benzene rings is 4. The van der Waals surface area contributed by atoms with Gasteiger partial charge < -0.3 is 0 Å². The highest BCUT2D eigenvalue weighted by atomic mass is 35.5. The molecule has 0 bridgehead atoms. The summed E-state index contributed by atoms with van der Waals surface area (Å²) >= 11 is 6.33. The molecule has 1 aliphatic rings. The molecule has 4 aromatic rings. The van der Waals surface area contributed by atoms with Crippen molar-refractivity contribution in [2.75, 3.05) is 0 Å². The highest BCUT2D eigenvalue weighted by Gasteiger charge is 2.21. The van der Waals surface area contributed by atoms with E-state index in [1.807, 2.05) is 12.1 Å². The third-order valence-corrected chi connectivity index (χ3v) is 7.42. The van der Waals surface area contributed by atoms with Crippen LogP contribution in [0.3, 0.4) is 0 Å². The molecule has 0 fully saturated rings. The van der Waals surface area contributed by atoms with E-state index in [0.717, 1.165) is 35.4 Å². The Hall–Kier alpha value is -3.61. The summed E-state index contributed by atoms with van der Waals surface area (Å²) in [5.41, 5.74) is 15.1. The Morgan fingerprint density at radius 2 is 1.53 bits per heavy atom. The Labute approximate surface area is 220 Å². The smallest absolute Gasteiger partial charge is 0.0409 e. The minimum absolute atomic E-state index is 0.782. The van der Waals surface area contributed by atoms with Crippen LogP contribution in [-0.4, -0.2) is 0 Å². The molecule has 1 heteroatoms. The second-order valence-corrected chi connectivity index (χ2v) is 10.2. The molecule has 0 amide bonds. The highest BCUT2D eigenvalue weighted by molar-refractivity contribution is 6.30. The van der Waals surface area contributed by atoms with Crippen molar-refractivity contribution in [1.82, 2.24) is 0 Å². The molecule has 0 radical (unpaired) electrons. The SMILES string of the molecule is C=Cc1ccc(C2=C(c3ccc(Cl)cc3C)CCCc3cc(-c4cccc(C(=C)C)c4)ccc32)cc1. The summed E-state index contributed by atoms with van der Waals surface area (Å²) in [4.78, 5) is 0. The van der Waals surface area contributed by atoms with Crippen LogP contribution in [-0.2, 0) is 6.42 Å². The maximum atomic E-state index is 6.33. The van der Waals surface area contributed by atoms with E-state index < -0.39 is 0 Å². The summed E-state index contributed by atoms with van der Waals surface area (Å²) < 4.78 is 0. The number of hydrogen-bond donors (Lipinski definition) is 0. The van der Waals surface area contributed by atoms with Crippen LogP contribution in [0.25, 0.3) is 33.9 Å². The number of allylic oxidation sites excluding steroid dienone is 2. The van der Waals surface area contributed by atoms with Crippen molar-refractivity contribution in [2.45, 2.75) is 33.1 Å². The van der Waals surface area contributed by atoms with Gasteiger partial charge in [0.2, 0.25) is 0 Å². The van der Waals surface area contributed by atoms with Gasteiger partial charge in [-0.05, 0) is 113 Å². The van der Waals surface area contributed by atoms with Gasteiger partial charge in [-0.1, -0.05) is 103 Å². The minimum atomic E-state index is 0.782. The van der Waals surface area contributed by atoms with Crippen molar-refractivity contribution in [3.05, 3.63) is 142 Å². The van der Waals surface area contributed by atoms with E-state index in [2.05, 4.69) is 106 Å². The first-order chi connectivity index (χ1) is 17.4. The lowest BCUT2D eigenvalue weighted by molar-refractivity contribution is 0.860. The molecule has 36 heavy (non-hydrogen) atoms. The lowest BCUT2D eigenvalue weighted by Crippen LogP contribution is -1.98. The van der Waals surface area contributed by atoms with Crippen LogP contribution in [0.15, 0.2) is 98.1 Å². The quantitative estimate of drug-likeness (QED) is 0.263. The molecule has 0 aliphatic heterocycles. The average Bonchev–Trinajstić information content (AvgIpc) is 3.08. The third kappa shape index (κ3) is 4.74. The molecule has 0 spiro atoms. The van der Waals surface area contributed by atoms with E-state index >= 15 is 0 Å². The molecule has 0 atom stereocenters. The van der Waals surface area contributed by atoms with Gasteiger partial charge in [0.05, 0.1) is 0 Å².